The normalized spacial score (nSPS) is 31.0. The topological polar surface area (TPSA) is 32.8 Å². The SMILES string of the molecule is CN1CCC[C@@H]1[C@@H]1CCCN1C(=O)[C@@H]1COc2ccccc2C1. The Morgan fingerprint density at radius 1 is 1.13 bits per heavy atom. The Hall–Kier alpha value is -1.55. The van der Waals surface area contributed by atoms with Gasteiger partial charge in [0.05, 0.1) is 5.92 Å². The van der Waals surface area contributed by atoms with Gasteiger partial charge in [0, 0.05) is 18.6 Å². The van der Waals surface area contributed by atoms with Crippen LogP contribution in [0.15, 0.2) is 24.3 Å². The van der Waals surface area contributed by atoms with Crippen LogP contribution < -0.4 is 4.74 Å². The number of nitrogens with zero attached hydrogens (tertiary/aromatic N) is 2. The summed E-state index contributed by atoms with van der Waals surface area (Å²) in [5, 5.41) is 0. The molecule has 4 heteroatoms. The van der Waals surface area contributed by atoms with Gasteiger partial charge in [-0.15, -0.1) is 0 Å². The predicted molar refractivity (Wildman–Crippen MR) is 89.5 cm³/mol. The smallest absolute Gasteiger partial charge is 0.229 e. The molecule has 3 aliphatic rings. The lowest BCUT2D eigenvalue weighted by Crippen LogP contribution is -2.50. The molecule has 4 nitrogen and oxygen atoms in total. The first kappa shape index (κ1) is 15.0. The van der Waals surface area contributed by atoms with E-state index in [1.807, 2.05) is 18.2 Å². The maximum Gasteiger partial charge on any atom is 0.229 e. The lowest BCUT2D eigenvalue weighted by Gasteiger charge is -2.36. The third-order valence-electron chi connectivity index (χ3n) is 5.83. The van der Waals surface area contributed by atoms with Crippen LogP contribution in [0, 0.1) is 5.92 Å². The van der Waals surface area contributed by atoms with Gasteiger partial charge in [0.2, 0.25) is 5.91 Å². The third-order valence-corrected chi connectivity index (χ3v) is 5.83. The highest BCUT2D eigenvalue weighted by Crippen LogP contribution is 2.33. The minimum absolute atomic E-state index is 0.0165. The number of likely N-dealkylation sites (tertiary alicyclic amines) is 2. The van der Waals surface area contributed by atoms with Gasteiger partial charge in [-0.05, 0) is 57.3 Å². The summed E-state index contributed by atoms with van der Waals surface area (Å²) in [6.45, 7) is 2.62. The summed E-state index contributed by atoms with van der Waals surface area (Å²) < 4.78 is 5.84. The molecule has 1 aromatic carbocycles. The van der Waals surface area contributed by atoms with Gasteiger partial charge in [-0.2, -0.15) is 0 Å². The number of hydrogen-bond donors (Lipinski definition) is 0. The third kappa shape index (κ3) is 2.74. The molecule has 2 saturated heterocycles. The molecular weight excluding hydrogens is 288 g/mol. The first-order valence-corrected chi connectivity index (χ1v) is 8.95. The van der Waals surface area contributed by atoms with Crippen molar-refractivity contribution in [2.45, 2.75) is 44.2 Å². The van der Waals surface area contributed by atoms with Crippen molar-refractivity contribution in [3.63, 3.8) is 0 Å². The Balaban J connectivity index is 1.48. The van der Waals surface area contributed by atoms with Crippen LogP contribution in [0.5, 0.6) is 5.75 Å². The summed E-state index contributed by atoms with van der Waals surface area (Å²) in [6, 6.07) is 9.07. The molecule has 0 aromatic heterocycles. The van der Waals surface area contributed by atoms with E-state index in [1.165, 1.54) is 24.9 Å². The van der Waals surface area contributed by atoms with E-state index in [1.54, 1.807) is 0 Å². The lowest BCUT2D eigenvalue weighted by atomic mass is 9.94. The molecule has 0 aliphatic carbocycles. The molecular formula is C19H26N2O2. The molecule has 0 saturated carbocycles. The standard InChI is InChI=1S/C19H26N2O2/c1-20-10-4-7-16(20)17-8-5-11-21(17)19(22)15-12-14-6-2-3-9-18(14)23-13-15/h2-3,6,9,15-17H,4-5,7-8,10-13H2,1H3/t15-,16+,17-/m0/s1. The lowest BCUT2D eigenvalue weighted by molar-refractivity contribution is -0.138. The summed E-state index contributed by atoms with van der Waals surface area (Å²) in [5.41, 5.74) is 1.17. The van der Waals surface area contributed by atoms with Gasteiger partial charge in [0.15, 0.2) is 0 Å². The predicted octanol–water partition coefficient (Wildman–Crippen LogP) is 2.32. The van der Waals surface area contributed by atoms with Crippen molar-refractivity contribution in [3.8, 4) is 5.75 Å². The van der Waals surface area contributed by atoms with Gasteiger partial charge < -0.3 is 14.5 Å². The van der Waals surface area contributed by atoms with Gasteiger partial charge in [0.1, 0.15) is 12.4 Å². The second-order valence-electron chi connectivity index (χ2n) is 7.25. The molecule has 1 aromatic rings. The molecule has 0 N–H and O–H groups in total. The van der Waals surface area contributed by atoms with E-state index in [0.29, 0.717) is 24.6 Å². The Kier molecular flexibility index (Phi) is 4.02. The van der Waals surface area contributed by atoms with Crippen LogP contribution in [0.3, 0.4) is 0 Å². The quantitative estimate of drug-likeness (QED) is 0.840. The van der Waals surface area contributed by atoms with Crippen molar-refractivity contribution in [3.05, 3.63) is 29.8 Å². The summed E-state index contributed by atoms with van der Waals surface area (Å²) >= 11 is 0. The van der Waals surface area contributed by atoms with Crippen LogP contribution in [0.1, 0.15) is 31.2 Å². The van der Waals surface area contributed by atoms with Crippen molar-refractivity contribution < 1.29 is 9.53 Å². The summed E-state index contributed by atoms with van der Waals surface area (Å²) in [6.07, 6.45) is 5.61. The Morgan fingerprint density at radius 2 is 1.91 bits per heavy atom. The molecule has 2 fully saturated rings. The molecule has 0 radical (unpaired) electrons. The maximum atomic E-state index is 13.1. The minimum atomic E-state index is -0.0165. The molecule has 0 unspecified atom stereocenters. The van der Waals surface area contributed by atoms with E-state index in [9.17, 15) is 4.79 Å². The zero-order valence-corrected chi connectivity index (χ0v) is 13.9. The van der Waals surface area contributed by atoms with Gasteiger partial charge in [-0.25, -0.2) is 0 Å². The number of para-hydroxylation sites is 1. The molecule has 3 heterocycles. The summed E-state index contributed by atoms with van der Waals surface area (Å²) in [5.74, 6) is 1.24. The average molecular weight is 314 g/mol. The zero-order chi connectivity index (χ0) is 15.8. The van der Waals surface area contributed by atoms with Crippen LogP contribution >= 0.6 is 0 Å². The molecule has 0 bridgehead atoms. The van der Waals surface area contributed by atoms with Gasteiger partial charge >= 0.3 is 0 Å². The molecule has 124 valence electrons. The van der Waals surface area contributed by atoms with Crippen molar-refractivity contribution in [1.29, 1.82) is 0 Å². The zero-order valence-electron chi connectivity index (χ0n) is 13.9. The fourth-order valence-electron chi connectivity index (χ4n) is 4.61. The maximum absolute atomic E-state index is 13.1. The number of ether oxygens (including phenoxy) is 1. The van der Waals surface area contributed by atoms with Crippen LogP contribution in [-0.4, -0.2) is 54.5 Å². The Morgan fingerprint density at radius 3 is 2.74 bits per heavy atom. The van der Waals surface area contributed by atoms with E-state index in [-0.39, 0.29) is 5.92 Å². The average Bonchev–Trinajstić information content (AvgIpc) is 3.22. The van der Waals surface area contributed by atoms with E-state index in [4.69, 9.17) is 4.74 Å². The van der Waals surface area contributed by atoms with E-state index in [0.717, 1.165) is 31.6 Å². The molecule has 0 spiro atoms. The van der Waals surface area contributed by atoms with Crippen molar-refractivity contribution in [2.75, 3.05) is 26.7 Å². The van der Waals surface area contributed by atoms with Crippen molar-refractivity contribution >= 4 is 5.91 Å². The van der Waals surface area contributed by atoms with Crippen molar-refractivity contribution in [1.82, 2.24) is 9.80 Å². The number of benzene rings is 1. The minimum Gasteiger partial charge on any atom is -0.492 e. The molecule has 23 heavy (non-hydrogen) atoms. The fourth-order valence-corrected chi connectivity index (χ4v) is 4.61. The highest BCUT2D eigenvalue weighted by molar-refractivity contribution is 5.80. The Bertz CT molecular complexity index is 588. The van der Waals surface area contributed by atoms with E-state index in [2.05, 4.69) is 22.9 Å². The molecule has 4 rings (SSSR count). The second-order valence-corrected chi connectivity index (χ2v) is 7.25. The highest BCUT2D eigenvalue weighted by Gasteiger charge is 2.41. The first-order valence-electron chi connectivity index (χ1n) is 8.95. The van der Waals surface area contributed by atoms with E-state index < -0.39 is 0 Å². The number of fused-ring (bicyclic) bond motifs is 1. The largest absolute Gasteiger partial charge is 0.492 e. The molecule has 1 amide bonds. The first-order chi connectivity index (χ1) is 11.2. The van der Waals surface area contributed by atoms with Gasteiger partial charge in [-0.1, -0.05) is 18.2 Å². The van der Waals surface area contributed by atoms with Gasteiger partial charge in [-0.3, -0.25) is 4.79 Å². The number of likely N-dealkylation sites (N-methyl/N-ethyl adjacent to an activating group) is 1. The summed E-state index contributed by atoms with van der Waals surface area (Å²) in [7, 11) is 2.21. The number of carbonyl (C=O) groups excluding carboxylic acids is 1. The van der Waals surface area contributed by atoms with Crippen LogP contribution in [-0.2, 0) is 11.2 Å². The van der Waals surface area contributed by atoms with Crippen LogP contribution in [0.25, 0.3) is 0 Å². The summed E-state index contributed by atoms with van der Waals surface area (Å²) in [4.78, 5) is 17.7. The number of carbonyl (C=O) groups is 1. The number of amides is 1. The fraction of sp³-hybridized carbons (Fsp3) is 0.632. The van der Waals surface area contributed by atoms with Gasteiger partial charge in [0.25, 0.3) is 0 Å². The van der Waals surface area contributed by atoms with Crippen LogP contribution in [0.4, 0.5) is 0 Å². The van der Waals surface area contributed by atoms with Crippen LogP contribution in [0.2, 0.25) is 0 Å². The second kappa shape index (κ2) is 6.16. The molecule has 3 atom stereocenters. The number of rotatable bonds is 2. The number of hydrogen-bond acceptors (Lipinski definition) is 3. The monoisotopic (exact) mass is 314 g/mol. The Labute approximate surface area is 138 Å². The highest BCUT2D eigenvalue weighted by atomic mass is 16.5. The van der Waals surface area contributed by atoms with E-state index >= 15 is 0 Å². The van der Waals surface area contributed by atoms with Crippen molar-refractivity contribution in [2.24, 2.45) is 5.92 Å². The molecule has 3 aliphatic heterocycles.